The van der Waals surface area contributed by atoms with Crippen molar-refractivity contribution in [1.82, 2.24) is 9.97 Å². The van der Waals surface area contributed by atoms with E-state index in [-0.39, 0.29) is 6.54 Å². The SMILES string of the molecule is O=C(O)[C@@H]1CN(c2cc(N3CCCC3)ncn2)C[C@H]1C(F)(F)F. The first kappa shape index (κ1) is 15.8. The third-order valence-electron chi connectivity index (χ3n) is 4.45. The lowest BCUT2D eigenvalue weighted by molar-refractivity contribution is -0.187. The molecule has 0 amide bonds. The van der Waals surface area contributed by atoms with Gasteiger partial charge in [-0.1, -0.05) is 0 Å². The van der Waals surface area contributed by atoms with Crippen LogP contribution in [0.2, 0.25) is 0 Å². The number of carboxylic acids is 1. The lowest BCUT2D eigenvalue weighted by Crippen LogP contribution is -2.33. The predicted octanol–water partition coefficient (Wildman–Crippen LogP) is 1.78. The molecule has 2 saturated heterocycles. The van der Waals surface area contributed by atoms with E-state index in [1.54, 1.807) is 6.07 Å². The Labute approximate surface area is 130 Å². The number of anilines is 2. The molecule has 0 aliphatic carbocycles. The molecular formula is C14H17F3N4O2. The first-order chi connectivity index (χ1) is 10.9. The number of alkyl halides is 3. The van der Waals surface area contributed by atoms with Gasteiger partial charge in [-0.25, -0.2) is 9.97 Å². The van der Waals surface area contributed by atoms with E-state index in [9.17, 15) is 18.0 Å². The van der Waals surface area contributed by atoms with Gasteiger partial charge in [0, 0.05) is 32.2 Å². The Kier molecular flexibility index (Phi) is 4.03. The fraction of sp³-hybridized carbons (Fsp3) is 0.643. The summed E-state index contributed by atoms with van der Waals surface area (Å²) in [6, 6.07) is 1.64. The van der Waals surface area contributed by atoms with E-state index in [2.05, 4.69) is 14.9 Å². The molecule has 0 spiro atoms. The molecule has 23 heavy (non-hydrogen) atoms. The highest BCUT2D eigenvalue weighted by molar-refractivity contribution is 5.72. The number of rotatable bonds is 3. The lowest BCUT2D eigenvalue weighted by Gasteiger charge is -2.21. The normalized spacial score (nSPS) is 25.2. The van der Waals surface area contributed by atoms with Gasteiger partial charge in [0.2, 0.25) is 0 Å². The number of carbonyl (C=O) groups is 1. The summed E-state index contributed by atoms with van der Waals surface area (Å²) in [7, 11) is 0. The summed E-state index contributed by atoms with van der Waals surface area (Å²) >= 11 is 0. The van der Waals surface area contributed by atoms with Crippen molar-refractivity contribution >= 4 is 17.6 Å². The molecule has 126 valence electrons. The number of aromatic nitrogens is 2. The first-order valence-corrected chi connectivity index (χ1v) is 7.47. The maximum atomic E-state index is 13.1. The summed E-state index contributed by atoms with van der Waals surface area (Å²) in [6.07, 6.45) is -1.11. The Morgan fingerprint density at radius 2 is 1.74 bits per heavy atom. The zero-order valence-electron chi connectivity index (χ0n) is 12.3. The van der Waals surface area contributed by atoms with Gasteiger partial charge in [0.25, 0.3) is 0 Å². The van der Waals surface area contributed by atoms with Gasteiger partial charge < -0.3 is 14.9 Å². The molecule has 0 unspecified atom stereocenters. The number of aliphatic carboxylic acids is 1. The summed E-state index contributed by atoms with van der Waals surface area (Å²) in [5, 5.41) is 9.07. The fourth-order valence-electron chi connectivity index (χ4n) is 3.20. The maximum Gasteiger partial charge on any atom is 0.394 e. The van der Waals surface area contributed by atoms with Crippen molar-refractivity contribution < 1.29 is 23.1 Å². The van der Waals surface area contributed by atoms with Crippen LogP contribution >= 0.6 is 0 Å². The molecule has 0 aromatic carbocycles. The number of carboxylic acid groups (broad SMARTS) is 1. The molecule has 1 aromatic rings. The van der Waals surface area contributed by atoms with Crippen LogP contribution in [-0.2, 0) is 4.79 Å². The van der Waals surface area contributed by atoms with Gasteiger partial charge in [-0.3, -0.25) is 4.79 Å². The van der Waals surface area contributed by atoms with Gasteiger partial charge in [0.05, 0.1) is 11.8 Å². The van der Waals surface area contributed by atoms with E-state index in [4.69, 9.17) is 5.11 Å². The van der Waals surface area contributed by atoms with Crippen molar-refractivity contribution in [3.05, 3.63) is 12.4 Å². The third kappa shape index (κ3) is 3.18. The van der Waals surface area contributed by atoms with Crippen LogP contribution in [-0.4, -0.2) is 53.4 Å². The maximum absolute atomic E-state index is 13.1. The van der Waals surface area contributed by atoms with Crippen LogP contribution in [0.1, 0.15) is 12.8 Å². The zero-order valence-corrected chi connectivity index (χ0v) is 12.3. The molecule has 2 atom stereocenters. The quantitative estimate of drug-likeness (QED) is 0.911. The molecule has 3 heterocycles. The van der Waals surface area contributed by atoms with Gasteiger partial charge in [-0.15, -0.1) is 0 Å². The highest BCUT2D eigenvalue weighted by Crippen LogP contribution is 2.39. The van der Waals surface area contributed by atoms with Crippen molar-refractivity contribution in [3.8, 4) is 0 Å². The van der Waals surface area contributed by atoms with Gasteiger partial charge in [0.1, 0.15) is 18.0 Å². The zero-order chi connectivity index (χ0) is 16.6. The molecule has 2 fully saturated rings. The predicted molar refractivity (Wildman–Crippen MR) is 76.4 cm³/mol. The smallest absolute Gasteiger partial charge is 0.394 e. The second-order valence-electron chi connectivity index (χ2n) is 5.93. The molecular weight excluding hydrogens is 313 g/mol. The van der Waals surface area contributed by atoms with Crippen LogP contribution in [0, 0.1) is 11.8 Å². The van der Waals surface area contributed by atoms with E-state index in [1.165, 1.54) is 11.2 Å². The topological polar surface area (TPSA) is 69.6 Å². The van der Waals surface area contributed by atoms with Gasteiger partial charge in [-0.2, -0.15) is 13.2 Å². The lowest BCUT2D eigenvalue weighted by atomic mass is 9.96. The average Bonchev–Trinajstić information content (AvgIpc) is 3.16. The Hall–Kier alpha value is -2.06. The average molecular weight is 330 g/mol. The van der Waals surface area contributed by atoms with Crippen LogP contribution in [0.4, 0.5) is 24.8 Å². The van der Waals surface area contributed by atoms with Crippen LogP contribution in [0.3, 0.4) is 0 Å². The first-order valence-electron chi connectivity index (χ1n) is 7.47. The summed E-state index contributed by atoms with van der Waals surface area (Å²) < 4.78 is 39.2. The number of hydrogen-bond acceptors (Lipinski definition) is 5. The Balaban J connectivity index is 1.82. The highest BCUT2D eigenvalue weighted by atomic mass is 19.4. The largest absolute Gasteiger partial charge is 0.481 e. The minimum Gasteiger partial charge on any atom is -0.481 e. The molecule has 1 aromatic heterocycles. The van der Waals surface area contributed by atoms with E-state index in [1.807, 2.05) is 0 Å². The number of hydrogen-bond donors (Lipinski definition) is 1. The van der Waals surface area contributed by atoms with Crippen molar-refractivity contribution in [1.29, 1.82) is 0 Å². The minimum atomic E-state index is -4.54. The molecule has 1 N–H and O–H groups in total. The Morgan fingerprint density at radius 3 is 2.26 bits per heavy atom. The minimum absolute atomic E-state index is 0.198. The molecule has 2 aliphatic rings. The second-order valence-corrected chi connectivity index (χ2v) is 5.93. The van der Waals surface area contributed by atoms with Crippen molar-refractivity contribution in [2.24, 2.45) is 11.8 Å². The standard InChI is InChI=1S/C14H17F3N4O2/c15-14(16,17)10-7-21(6-9(10)13(22)23)12-5-11(18-8-19-12)20-3-1-2-4-20/h5,8-10H,1-4,6-7H2,(H,22,23)/t9-,10-/m1/s1. The molecule has 3 rings (SSSR count). The molecule has 2 aliphatic heterocycles. The van der Waals surface area contributed by atoms with Crippen LogP contribution < -0.4 is 9.80 Å². The van der Waals surface area contributed by atoms with Crippen LogP contribution in [0.15, 0.2) is 12.4 Å². The van der Waals surface area contributed by atoms with Crippen molar-refractivity contribution in [2.75, 3.05) is 36.0 Å². The molecule has 0 bridgehead atoms. The van der Waals surface area contributed by atoms with E-state index >= 15 is 0 Å². The van der Waals surface area contributed by atoms with Crippen LogP contribution in [0.25, 0.3) is 0 Å². The Bertz CT molecular complexity index is 590. The summed E-state index contributed by atoms with van der Waals surface area (Å²) in [6.45, 7) is 1.13. The van der Waals surface area contributed by atoms with Crippen LogP contribution in [0.5, 0.6) is 0 Å². The summed E-state index contributed by atoms with van der Waals surface area (Å²) in [5.74, 6) is -3.76. The van der Waals surface area contributed by atoms with Crippen molar-refractivity contribution in [2.45, 2.75) is 19.0 Å². The number of nitrogens with zero attached hydrogens (tertiary/aromatic N) is 4. The highest BCUT2D eigenvalue weighted by Gasteiger charge is 2.52. The van der Waals surface area contributed by atoms with Gasteiger partial charge in [-0.05, 0) is 12.8 Å². The third-order valence-corrected chi connectivity index (χ3v) is 4.45. The second kappa shape index (κ2) is 5.86. The fourth-order valence-corrected chi connectivity index (χ4v) is 3.20. The van der Waals surface area contributed by atoms with Gasteiger partial charge in [0.15, 0.2) is 0 Å². The monoisotopic (exact) mass is 330 g/mol. The van der Waals surface area contributed by atoms with E-state index < -0.39 is 30.5 Å². The molecule has 6 nitrogen and oxygen atoms in total. The van der Waals surface area contributed by atoms with Crippen molar-refractivity contribution in [3.63, 3.8) is 0 Å². The summed E-state index contributed by atoms with van der Waals surface area (Å²) in [5.41, 5.74) is 0. The van der Waals surface area contributed by atoms with E-state index in [0.29, 0.717) is 11.6 Å². The van der Waals surface area contributed by atoms with E-state index in [0.717, 1.165) is 25.9 Å². The molecule has 0 radical (unpaired) electrons. The summed E-state index contributed by atoms with van der Waals surface area (Å²) in [4.78, 5) is 22.8. The molecule has 0 saturated carbocycles. The number of halogens is 3. The molecule has 9 heteroatoms. The van der Waals surface area contributed by atoms with Gasteiger partial charge >= 0.3 is 12.1 Å². The Morgan fingerprint density at radius 1 is 1.13 bits per heavy atom.